The van der Waals surface area contributed by atoms with E-state index in [1.54, 1.807) is 0 Å². The Labute approximate surface area is 119 Å². The Morgan fingerprint density at radius 2 is 2.20 bits per heavy atom. The summed E-state index contributed by atoms with van der Waals surface area (Å²) in [4.78, 5) is 15.5. The number of hydrogen-bond donors (Lipinski definition) is 2. The van der Waals surface area contributed by atoms with Gasteiger partial charge < -0.3 is 15.8 Å². The zero-order valence-electron chi connectivity index (χ0n) is 10.5. The van der Waals surface area contributed by atoms with E-state index in [9.17, 15) is 9.18 Å². The highest BCUT2D eigenvalue weighted by atomic mass is 35.5. The Kier molecular flexibility index (Phi) is 4.05. The number of carbonyl (C=O) groups excluding carboxylic acids is 1. The topological polar surface area (TPSA) is 77.2 Å². The van der Waals surface area contributed by atoms with E-state index in [1.165, 1.54) is 37.6 Å². The van der Waals surface area contributed by atoms with Gasteiger partial charge in [-0.05, 0) is 24.3 Å². The molecule has 0 atom stereocenters. The number of hydrogen-bond acceptors (Lipinski definition) is 5. The van der Waals surface area contributed by atoms with Crippen LogP contribution in [0.4, 0.5) is 21.6 Å². The smallest absolute Gasteiger partial charge is 0.340 e. The normalized spacial score (nSPS) is 10.2. The molecule has 0 spiro atoms. The maximum atomic E-state index is 13.6. The molecule has 3 N–H and O–H groups in total. The van der Waals surface area contributed by atoms with Crippen LogP contribution in [0.25, 0.3) is 0 Å². The summed E-state index contributed by atoms with van der Waals surface area (Å²) in [6, 6.07) is 5.44. The fraction of sp³-hybridized carbons (Fsp3) is 0.0769. The maximum Gasteiger partial charge on any atom is 0.340 e. The van der Waals surface area contributed by atoms with Crippen molar-refractivity contribution in [2.24, 2.45) is 0 Å². The highest BCUT2D eigenvalue weighted by Gasteiger charge is 2.15. The van der Waals surface area contributed by atoms with E-state index in [0.717, 1.165) is 0 Å². The summed E-state index contributed by atoms with van der Waals surface area (Å²) in [6.07, 6.45) is 1.37. The molecule has 0 aliphatic heterocycles. The Hall–Kier alpha value is -2.34. The van der Waals surface area contributed by atoms with Gasteiger partial charge in [0.05, 0.1) is 24.0 Å². The number of nitrogens with one attached hydrogen (secondary N) is 1. The average Bonchev–Trinajstić information content (AvgIpc) is 2.44. The largest absolute Gasteiger partial charge is 0.465 e. The molecule has 0 bridgehead atoms. The minimum absolute atomic E-state index is 0.0683. The molecule has 0 aliphatic rings. The molecule has 5 nitrogen and oxygen atoms in total. The highest BCUT2D eigenvalue weighted by Crippen LogP contribution is 2.27. The first-order valence-electron chi connectivity index (χ1n) is 5.57. The van der Waals surface area contributed by atoms with Crippen molar-refractivity contribution >= 4 is 34.8 Å². The van der Waals surface area contributed by atoms with Crippen LogP contribution in [0.3, 0.4) is 0 Å². The van der Waals surface area contributed by atoms with E-state index >= 15 is 0 Å². The van der Waals surface area contributed by atoms with E-state index < -0.39 is 11.8 Å². The van der Waals surface area contributed by atoms with Crippen LogP contribution >= 0.6 is 11.6 Å². The molecule has 0 radical (unpaired) electrons. The standard InChI is InChI=1S/C13H11ClFN3O2/c1-20-13(19)8-4-5-17-12(11(8)16)18-10-6-7(14)2-3-9(10)15/h2-6H,16H2,1H3,(H,17,18). The van der Waals surface area contributed by atoms with Gasteiger partial charge in [0.2, 0.25) is 0 Å². The number of rotatable bonds is 3. The van der Waals surface area contributed by atoms with E-state index in [1.807, 2.05) is 0 Å². The van der Waals surface area contributed by atoms with Crippen molar-refractivity contribution in [1.82, 2.24) is 4.98 Å². The number of carbonyl (C=O) groups is 1. The van der Waals surface area contributed by atoms with Gasteiger partial charge in [0.25, 0.3) is 0 Å². The lowest BCUT2D eigenvalue weighted by Gasteiger charge is -2.11. The minimum Gasteiger partial charge on any atom is -0.465 e. The molecule has 1 aromatic carbocycles. The molecule has 20 heavy (non-hydrogen) atoms. The lowest BCUT2D eigenvalue weighted by Crippen LogP contribution is -2.09. The summed E-state index contributed by atoms with van der Waals surface area (Å²) < 4.78 is 18.2. The first kappa shape index (κ1) is 14.1. The van der Waals surface area contributed by atoms with Crippen LogP contribution in [0, 0.1) is 5.82 Å². The molecule has 0 unspecified atom stereocenters. The number of nitrogen functional groups attached to an aromatic ring is 1. The Morgan fingerprint density at radius 1 is 1.45 bits per heavy atom. The first-order chi connectivity index (χ1) is 9.52. The SMILES string of the molecule is COC(=O)c1ccnc(Nc2cc(Cl)ccc2F)c1N. The van der Waals surface area contributed by atoms with Crippen LogP contribution in [0.2, 0.25) is 5.02 Å². The predicted octanol–water partition coefficient (Wildman–Crippen LogP) is 2.99. The van der Waals surface area contributed by atoms with Gasteiger partial charge >= 0.3 is 5.97 Å². The van der Waals surface area contributed by atoms with Crippen LogP contribution < -0.4 is 11.1 Å². The number of ether oxygens (including phenoxy) is 1. The monoisotopic (exact) mass is 295 g/mol. The highest BCUT2D eigenvalue weighted by molar-refractivity contribution is 6.30. The maximum absolute atomic E-state index is 13.6. The van der Waals surface area contributed by atoms with Gasteiger partial charge in [-0.3, -0.25) is 0 Å². The summed E-state index contributed by atoms with van der Waals surface area (Å²) in [6.45, 7) is 0. The van der Waals surface area contributed by atoms with Gasteiger partial charge in [-0.25, -0.2) is 14.2 Å². The summed E-state index contributed by atoms with van der Waals surface area (Å²) >= 11 is 5.79. The van der Waals surface area contributed by atoms with E-state index in [4.69, 9.17) is 17.3 Å². The minimum atomic E-state index is -0.598. The number of aromatic nitrogens is 1. The number of benzene rings is 1. The number of methoxy groups -OCH3 is 1. The van der Waals surface area contributed by atoms with Crippen LogP contribution in [-0.4, -0.2) is 18.1 Å². The van der Waals surface area contributed by atoms with Crippen molar-refractivity contribution in [3.05, 3.63) is 46.9 Å². The van der Waals surface area contributed by atoms with Crippen LogP contribution in [0.1, 0.15) is 10.4 Å². The summed E-state index contributed by atoms with van der Waals surface area (Å²) in [5, 5.41) is 3.06. The van der Waals surface area contributed by atoms with Gasteiger partial charge in [0.15, 0.2) is 5.82 Å². The fourth-order valence-corrected chi connectivity index (χ4v) is 1.75. The second-order valence-electron chi connectivity index (χ2n) is 3.86. The van der Waals surface area contributed by atoms with Crippen molar-refractivity contribution in [3.8, 4) is 0 Å². The molecule has 0 saturated heterocycles. The number of anilines is 3. The molecule has 2 rings (SSSR count). The number of nitrogens with two attached hydrogens (primary N) is 1. The molecule has 0 fully saturated rings. The second-order valence-corrected chi connectivity index (χ2v) is 4.30. The lowest BCUT2D eigenvalue weighted by molar-refractivity contribution is 0.0602. The molecule has 0 saturated carbocycles. The van der Waals surface area contributed by atoms with Gasteiger partial charge in [-0.15, -0.1) is 0 Å². The van der Waals surface area contributed by atoms with Crippen molar-refractivity contribution in [3.63, 3.8) is 0 Å². The molecule has 2 aromatic rings. The summed E-state index contributed by atoms with van der Waals surface area (Å²) in [7, 11) is 1.24. The quantitative estimate of drug-likeness (QED) is 0.851. The van der Waals surface area contributed by atoms with Gasteiger partial charge in [0, 0.05) is 11.2 Å². The molecule has 0 amide bonds. The van der Waals surface area contributed by atoms with Crippen molar-refractivity contribution in [2.45, 2.75) is 0 Å². The molecular weight excluding hydrogens is 285 g/mol. The van der Waals surface area contributed by atoms with E-state index in [2.05, 4.69) is 15.0 Å². The fourth-order valence-electron chi connectivity index (χ4n) is 1.58. The molecule has 0 aliphatic carbocycles. The summed E-state index contributed by atoms with van der Waals surface area (Å²) in [5.41, 5.74) is 6.14. The molecular formula is C13H11ClFN3O2. The molecule has 1 aromatic heterocycles. The molecule has 7 heteroatoms. The lowest BCUT2D eigenvalue weighted by atomic mass is 10.2. The Balaban J connectivity index is 2.39. The van der Waals surface area contributed by atoms with E-state index in [-0.39, 0.29) is 22.8 Å². The number of pyridine rings is 1. The average molecular weight is 296 g/mol. The van der Waals surface area contributed by atoms with E-state index in [0.29, 0.717) is 5.02 Å². The third kappa shape index (κ3) is 2.80. The first-order valence-corrected chi connectivity index (χ1v) is 5.95. The molecule has 1 heterocycles. The second kappa shape index (κ2) is 5.75. The van der Waals surface area contributed by atoms with Crippen molar-refractivity contribution in [2.75, 3.05) is 18.2 Å². The number of esters is 1. The van der Waals surface area contributed by atoms with Gasteiger partial charge in [-0.1, -0.05) is 11.6 Å². The third-order valence-corrected chi connectivity index (χ3v) is 2.81. The zero-order chi connectivity index (χ0) is 14.7. The third-order valence-electron chi connectivity index (χ3n) is 2.58. The van der Waals surface area contributed by atoms with Crippen LogP contribution in [0.15, 0.2) is 30.5 Å². The van der Waals surface area contributed by atoms with Crippen LogP contribution in [0.5, 0.6) is 0 Å². The Bertz CT molecular complexity index is 664. The van der Waals surface area contributed by atoms with Crippen molar-refractivity contribution < 1.29 is 13.9 Å². The Morgan fingerprint density at radius 3 is 2.90 bits per heavy atom. The molecule has 104 valence electrons. The number of halogens is 2. The number of nitrogens with zero attached hydrogens (tertiary/aromatic N) is 1. The summed E-state index contributed by atoms with van der Waals surface area (Å²) in [5.74, 6) is -0.965. The van der Waals surface area contributed by atoms with Gasteiger partial charge in [0.1, 0.15) is 5.82 Å². The van der Waals surface area contributed by atoms with Gasteiger partial charge in [-0.2, -0.15) is 0 Å². The predicted molar refractivity (Wildman–Crippen MR) is 74.7 cm³/mol. The van der Waals surface area contributed by atoms with Crippen molar-refractivity contribution in [1.29, 1.82) is 0 Å². The van der Waals surface area contributed by atoms with Crippen LogP contribution in [-0.2, 0) is 4.74 Å². The zero-order valence-corrected chi connectivity index (χ0v) is 11.2.